The highest BCUT2D eigenvalue weighted by molar-refractivity contribution is 7.10. The summed E-state index contributed by atoms with van der Waals surface area (Å²) in [5.74, 6) is -0.228. The van der Waals surface area contributed by atoms with Crippen molar-refractivity contribution in [2.75, 3.05) is 6.61 Å². The summed E-state index contributed by atoms with van der Waals surface area (Å²) in [6.07, 6.45) is 1.17. The van der Waals surface area contributed by atoms with Crippen LogP contribution in [0.2, 0.25) is 0 Å². The molecule has 0 radical (unpaired) electrons. The van der Waals surface area contributed by atoms with Crippen LogP contribution in [0.3, 0.4) is 0 Å². The normalized spacial score (nSPS) is 12.8. The van der Waals surface area contributed by atoms with Gasteiger partial charge in [-0.1, -0.05) is 13.8 Å². The molecule has 2 rings (SSSR count). The summed E-state index contributed by atoms with van der Waals surface area (Å²) in [6.45, 7) is 6.74. The van der Waals surface area contributed by atoms with E-state index >= 15 is 0 Å². The van der Waals surface area contributed by atoms with Crippen LogP contribution in [0.25, 0.3) is 11.5 Å². The Labute approximate surface area is 121 Å². The molecule has 0 aromatic carbocycles. The molecule has 0 aliphatic heterocycles. The van der Waals surface area contributed by atoms with Crippen molar-refractivity contribution < 1.29 is 19.1 Å². The van der Waals surface area contributed by atoms with E-state index in [4.69, 9.17) is 14.3 Å². The van der Waals surface area contributed by atoms with Crippen LogP contribution in [-0.2, 0) is 4.74 Å². The van der Waals surface area contributed by atoms with E-state index in [-0.39, 0.29) is 11.7 Å². The highest BCUT2D eigenvalue weighted by Gasteiger charge is 2.21. The van der Waals surface area contributed by atoms with Crippen LogP contribution in [0.1, 0.15) is 42.2 Å². The number of ether oxygens (including phenoxy) is 1. The summed E-state index contributed by atoms with van der Waals surface area (Å²) in [7, 11) is 0. The topological polar surface area (TPSA) is 72.6 Å². The van der Waals surface area contributed by atoms with Gasteiger partial charge in [0.15, 0.2) is 5.76 Å². The maximum Gasteiger partial charge on any atom is 0.338 e. The predicted molar refractivity (Wildman–Crippen MR) is 76.0 cm³/mol. The third-order valence-electron chi connectivity index (χ3n) is 2.82. The SMILES string of the molecule is CCOC(c1nc(-c2cc(C(=O)O)co2)cs1)C(C)C. The molecule has 2 heterocycles. The fourth-order valence-corrected chi connectivity index (χ4v) is 2.87. The molecule has 2 aromatic rings. The highest BCUT2D eigenvalue weighted by Crippen LogP contribution is 2.32. The molecule has 0 saturated heterocycles. The van der Waals surface area contributed by atoms with Gasteiger partial charge in [0.05, 0.1) is 5.56 Å². The molecule has 1 atom stereocenters. The molecule has 20 heavy (non-hydrogen) atoms. The smallest absolute Gasteiger partial charge is 0.338 e. The fourth-order valence-electron chi connectivity index (χ4n) is 1.84. The second-order valence-electron chi connectivity index (χ2n) is 4.70. The molecule has 0 saturated carbocycles. The largest absolute Gasteiger partial charge is 0.478 e. The maximum absolute atomic E-state index is 10.8. The average molecular weight is 295 g/mol. The number of nitrogens with zero attached hydrogens (tertiary/aromatic N) is 1. The standard InChI is InChI=1S/C14H17NO4S/c1-4-18-12(8(2)3)13-15-10(7-20-13)11-5-9(6-19-11)14(16)17/h5-8,12H,4H2,1-3H3,(H,16,17). The Bertz CT molecular complexity index is 588. The Morgan fingerprint density at radius 1 is 1.55 bits per heavy atom. The van der Waals surface area contributed by atoms with Gasteiger partial charge in [0.1, 0.15) is 23.1 Å². The molecular formula is C14H17NO4S. The van der Waals surface area contributed by atoms with E-state index in [1.165, 1.54) is 23.7 Å². The fraction of sp³-hybridized carbons (Fsp3) is 0.429. The van der Waals surface area contributed by atoms with Crippen molar-refractivity contribution >= 4 is 17.3 Å². The Hall–Kier alpha value is -1.66. The third kappa shape index (κ3) is 3.08. The number of aromatic nitrogens is 1. The van der Waals surface area contributed by atoms with E-state index in [0.29, 0.717) is 24.0 Å². The first-order valence-corrected chi connectivity index (χ1v) is 7.30. The number of furan rings is 1. The van der Waals surface area contributed by atoms with Gasteiger partial charge in [-0.25, -0.2) is 9.78 Å². The predicted octanol–water partition coefficient (Wildman–Crippen LogP) is 3.83. The lowest BCUT2D eigenvalue weighted by Gasteiger charge is -2.17. The van der Waals surface area contributed by atoms with Crippen molar-refractivity contribution in [2.24, 2.45) is 5.92 Å². The highest BCUT2D eigenvalue weighted by atomic mass is 32.1. The summed E-state index contributed by atoms with van der Waals surface area (Å²) in [6, 6.07) is 1.48. The molecule has 0 amide bonds. The monoisotopic (exact) mass is 295 g/mol. The molecule has 1 N–H and O–H groups in total. The average Bonchev–Trinajstić information content (AvgIpc) is 3.03. The molecule has 108 valence electrons. The van der Waals surface area contributed by atoms with Gasteiger partial charge in [-0.15, -0.1) is 11.3 Å². The Kier molecular flexibility index (Phi) is 4.57. The van der Waals surface area contributed by atoms with Crippen LogP contribution in [0.15, 0.2) is 22.1 Å². The molecule has 0 bridgehead atoms. The number of thiazole rings is 1. The van der Waals surface area contributed by atoms with Crippen molar-refractivity contribution in [3.63, 3.8) is 0 Å². The number of hydrogen-bond acceptors (Lipinski definition) is 5. The molecule has 0 aliphatic carbocycles. The minimum Gasteiger partial charge on any atom is -0.478 e. The maximum atomic E-state index is 10.8. The van der Waals surface area contributed by atoms with Gasteiger partial charge in [-0.3, -0.25) is 0 Å². The molecule has 1 unspecified atom stereocenters. The van der Waals surface area contributed by atoms with Gasteiger partial charge in [0.25, 0.3) is 0 Å². The first kappa shape index (κ1) is 14.7. The van der Waals surface area contributed by atoms with Gasteiger partial charge in [0.2, 0.25) is 0 Å². The Balaban J connectivity index is 2.24. The lowest BCUT2D eigenvalue weighted by atomic mass is 10.1. The summed E-state index contributed by atoms with van der Waals surface area (Å²) in [5.41, 5.74) is 0.766. The number of carboxylic acids is 1. The number of aromatic carboxylic acids is 1. The van der Waals surface area contributed by atoms with Gasteiger partial charge < -0.3 is 14.3 Å². The zero-order chi connectivity index (χ0) is 14.7. The first-order chi connectivity index (χ1) is 9.52. The van der Waals surface area contributed by atoms with Gasteiger partial charge in [-0.2, -0.15) is 0 Å². The van der Waals surface area contributed by atoms with Gasteiger partial charge in [-0.05, 0) is 12.8 Å². The second-order valence-corrected chi connectivity index (χ2v) is 5.59. The Morgan fingerprint density at radius 2 is 2.30 bits per heavy atom. The van der Waals surface area contributed by atoms with Crippen molar-refractivity contribution in [1.82, 2.24) is 4.98 Å². The number of carboxylic acid groups (broad SMARTS) is 1. The van der Waals surface area contributed by atoms with Crippen LogP contribution in [0.4, 0.5) is 0 Å². The van der Waals surface area contributed by atoms with Crippen LogP contribution < -0.4 is 0 Å². The molecule has 2 aromatic heterocycles. The molecule has 0 aliphatic rings. The minimum absolute atomic E-state index is 0.0485. The number of carbonyl (C=O) groups is 1. The minimum atomic E-state index is -1.01. The van der Waals surface area contributed by atoms with Crippen LogP contribution in [0, 0.1) is 5.92 Å². The zero-order valence-corrected chi connectivity index (χ0v) is 12.4. The summed E-state index contributed by atoms with van der Waals surface area (Å²) in [4.78, 5) is 15.3. The third-order valence-corrected chi connectivity index (χ3v) is 3.72. The quantitative estimate of drug-likeness (QED) is 0.876. The van der Waals surface area contributed by atoms with Crippen molar-refractivity contribution in [3.8, 4) is 11.5 Å². The van der Waals surface area contributed by atoms with E-state index in [1.807, 2.05) is 12.3 Å². The summed E-state index contributed by atoms with van der Waals surface area (Å²) >= 11 is 1.49. The van der Waals surface area contributed by atoms with Gasteiger partial charge in [0, 0.05) is 18.1 Å². The Morgan fingerprint density at radius 3 is 2.85 bits per heavy atom. The molecule has 0 spiro atoms. The van der Waals surface area contributed by atoms with E-state index in [9.17, 15) is 4.79 Å². The van der Waals surface area contributed by atoms with Crippen LogP contribution in [0.5, 0.6) is 0 Å². The van der Waals surface area contributed by atoms with E-state index in [0.717, 1.165) is 5.01 Å². The number of rotatable bonds is 6. The lowest BCUT2D eigenvalue weighted by molar-refractivity contribution is 0.0293. The van der Waals surface area contributed by atoms with E-state index < -0.39 is 5.97 Å². The first-order valence-electron chi connectivity index (χ1n) is 6.42. The van der Waals surface area contributed by atoms with E-state index in [1.54, 1.807) is 0 Å². The second kappa shape index (κ2) is 6.19. The van der Waals surface area contributed by atoms with Crippen LogP contribution in [-0.4, -0.2) is 22.7 Å². The zero-order valence-electron chi connectivity index (χ0n) is 11.6. The molecule has 0 fully saturated rings. The molecular weight excluding hydrogens is 278 g/mol. The van der Waals surface area contributed by atoms with Crippen molar-refractivity contribution in [2.45, 2.75) is 26.9 Å². The molecule has 5 nitrogen and oxygen atoms in total. The summed E-state index contributed by atoms with van der Waals surface area (Å²) in [5, 5.41) is 11.6. The lowest BCUT2D eigenvalue weighted by Crippen LogP contribution is -2.10. The molecule has 6 heteroatoms. The van der Waals surface area contributed by atoms with Crippen molar-refractivity contribution in [1.29, 1.82) is 0 Å². The van der Waals surface area contributed by atoms with Crippen LogP contribution >= 0.6 is 11.3 Å². The summed E-state index contributed by atoms with van der Waals surface area (Å²) < 4.78 is 11.0. The number of hydrogen-bond donors (Lipinski definition) is 1. The van der Waals surface area contributed by atoms with Crippen molar-refractivity contribution in [3.05, 3.63) is 28.3 Å². The van der Waals surface area contributed by atoms with E-state index in [2.05, 4.69) is 18.8 Å². The van der Waals surface area contributed by atoms with Gasteiger partial charge >= 0.3 is 5.97 Å².